The average molecular weight is 443 g/mol. The first kappa shape index (κ1) is 21.8. The Balaban J connectivity index is 1.65. The van der Waals surface area contributed by atoms with E-state index in [4.69, 9.17) is 9.73 Å². The minimum atomic E-state index is 0.0897. The maximum absolute atomic E-state index is 6.21. The van der Waals surface area contributed by atoms with Crippen molar-refractivity contribution in [2.45, 2.75) is 65.5 Å². The highest BCUT2D eigenvalue weighted by Crippen LogP contribution is 2.23. The number of nitrogens with zero attached hydrogens (tertiary/aromatic N) is 1. The van der Waals surface area contributed by atoms with E-state index in [1.807, 2.05) is 0 Å². The van der Waals surface area contributed by atoms with Gasteiger partial charge >= 0.3 is 0 Å². The Kier molecular flexibility index (Phi) is 5.98. The summed E-state index contributed by atoms with van der Waals surface area (Å²) in [5.74, 6) is 0.863. The Labute approximate surface area is 195 Å². The number of aryl methyl sites for hydroxylation is 2. The van der Waals surface area contributed by atoms with Gasteiger partial charge in [-0.2, -0.15) is 0 Å². The van der Waals surface area contributed by atoms with E-state index >= 15 is 0 Å². The molecule has 0 amide bonds. The predicted molar refractivity (Wildman–Crippen MR) is 134 cm³/mol. The summed E-state index contributed by atoms with van der Waals surface area (Å²) in [6, 6.07) is 13.4. The topological polar surface area (TPSA) is 65.2 Å². The maximum Gasteiger partial charge on any atom is 0.145 e. The molecule has 0 spiro atoms. The molecule has 5 rings (SSSR count). The minimum absolute atomic E-state index is 0.0897. The van der Waals surface area contributed by atoms with Crippen molar-refractivity contribution in [2.75, 3.05) is 6.54 Å². The lowest BCUT2D eigenvalue weighted by atomic mass is 10.0. The largest absolute Gasteiger partial charge is 0.489 e. The highest BCUT2D eigenvalue weighted by Gasteiger charge is 2.19. The number of rotatable bonds is 6. The number of nitrogens with one attached hydrogen (secondary N) is 3. The Morgan fingerprint density at radius 1 is 1.15 bits per heavy atom. The Morgan fingerprint density at radius 3 is 2.73 bits per heavy atom. The summed E-state index contributed by atoms with van der Waals surface area (Å²) in [5.41, 5.74) is 5.85. The molecule has 5 heteroatoms. The normalized spacial score (nSPS) is 20.0. The van der Waals surface area contributed by atoms with Crippen LogP contribution in [0.5, 0.6) is 5.75 Å². The zero-order chi connectivity index (χ0) is 22.9. The predicted octanol–water partition coefficient (Wildman–Crippen LogP) is 2.70. The van der Waals surface area contributed by atoms with Crippen LogP contribution in [-0.2, 0) is 0 Å². The van der Waals surface area contributed by atoms with E-state index in [0.717, 1.165) is 58.3 Å². The highest BCUT2D eigenvalue weighted by molar-refractivity contribution is 5.88. The van der Waals surface area contributed by atoms with Crippen LogP contribution in [-0.4, -0.2) is 28.7 Å². The molecule has 0 bridgehead atoms. The lowest BCUT2D eigenvalue weighted by Crippen LogP contribution is -2.24. The van der Waals surface area contributed by atoms with Gasteiger partial charge in [-0.25, -0.2) is 4.99 Å². The number of aromatic nitrogens is 2. The number of hydrogen-bond donors (Lipinski definition) is 3. The van der Waals surface area contributed by atoms with Crippen LogP contribution < -0.4 is 31.3 Å². The van der Waals surface area contributed by atoms with E-state index < -0.39 is 0 Å². The van der Waals surface area contributed by atoms with Gasteiger partial charge in [0, 0.05) is 28.7 Å². The van der Waals surface area contributed by atoms with Gasteiger partial charge in [0.2, 0.25) is 0 Å². The molecule has 0 radical (unpaired) electrons. The first-order chi connectivity index (χ1) is 16.0. The zero-order valence-electron chi connectivity index (χ0n) is 20.1. The summed E-state index contributed by atoms with van der Waals surface area (Å²) in [4.78, 5) is 12.2. The van der Waals surface area contributed by atoms with E-state index in [-0.39, 0.29) is 6.10 Å². The van der Waals surface area contributed by atoms with Crippen molar-refractivity contribution in [3.05, 3.63) is 74.6 Å². The molecule has 1 aromatic carbocycles. The van der Waals surface area contributed by atoms with Crippen molar-refractivity contribution in [2.24, 2.45) is 4.99 Å². The Morgan fingerprint density at radius 2 is 2.00 bits per heavy atom. The van der Waals surface area contributed by atoms with Crippen LogP contribution in [0.15, 0.2) is 41.4 Å². The lowest BCUT2D eigenvalue weighted by molar-refractivity contribution is 0.240. The van der Waals surface area contributed by atoms with Crippen molar-refractivity contribution in [1.82, 2.24) is 15.3 Å². The van der Waals surface area contributed by atoms with Gasteiger partial charge in [0.25, 0.3) is 0 Å². The number of hydrogen-bond acceptors (Lipinski definition) is 3. The Hall–Kier alpha value is -3.05. The van der Waals surface area contributed by atoms with Crippen molar-refractivity contribution in [1.29, 1.82) is 0 Å². The van der Waals surface area contributed by atoms with Crippen molar-refractivity contribution in [3.8, 4) is 5.75 Å². The number of aromatic amines is 2. The minimum Gasteiger partial charge on any atom is -0.489 e. The van der Waals surface area contributed by atoms with Crippen LogP contribution in [0.3, 0.4) is 0 Å². The molecule has 4 heterocycles. The Bertz CT molecular complexity index is 1400. The molecular weight excluding hydrogens is 408 g/mol. The molecule has 0 saturated carbocycles. The van der Waals surface area contributed by atoms with Crippen molar-refractivity contribution in [3.63, 3.8) is 0 Å². The molecule has 2 aliphatic heterocycles. The van der Waals surface area contributed by atoms with E-state index in [1.54, 1.807) is 0 Å². The second-order valence-electron chi connectivity index (χ2n) is 9.61. The molecule has 5 nitrogen and oxygen atoms in total. The molecule has 172 valence electrons. The average Bonchev–Trinajstić information content (AvgIpc) is 3.54. The third kappa shape index (κ3) is 4.55. The number of H-pyrrole nitrogens is 2. The van der Waals surface area contributed by atoms with Gasteiger partial charge < -0.3 is 20.0 Å². The van der Waals surface area contributed by atoms with Crippen LogP contribution in [0.4, 0.5) is 0 Å². The molecule has 1 saturated heterocycles. The number of fused-ring (bicyclic) bond motifs is 1. The zero-order valence-corrected chi connectivity index (χ0v) is 20.1. The molecule has 33 heavy (non-hydrogen) atoms. The number of benzene rings is 1. The summed E-state index contributed by atoms with van der Waals surface area (Å²) in [7, 11) is 0. The van der Waals surface area contributed by atoms with Crippen LogP contribution in [0, 0.1) is 13.8 Å². The fraction of sp³-hybridized carbons (Fsp3) is 0.393. The monoisotopic (exact) mass is 442 g/mol. The maximum atomic E-state index is 6.21. The first-order valence-electron chi connectivity index (χ1n) is 12.2. The second-order valence-corrected chi connectivity index (χ2v) is 9.61. The molecule has 3 N–H and O–H groups in total. The SMILES string of the molecule is Cc1cc(C)c(/C=c2\[nH]/c(=C3\N=c4ccccc4=C3CCC3CCCN3)cc2OC(C)C)[nH]1. The molecule has 0 aliphatic carbocycles. The van der Waals surface area contributed by atoms with Gasteiger partial charge in [-0.15, -0.1) is 0 Å². The highest BCUT2D eigenvalue weighted by atomic mass is 16.5. The summed E-state index contributed by atoms with van der Waals surface area (Å²) >= 11 is 0. The summed E-state index contributed by atoms with van der Waals surface area (Å²) in [6.45, 7) is 9.48. The molecule has 3 aromatic rings. The van der Waals surface area contributed by atoms with Gasteiger partial charge in [-0.1, -0.05) is 18.2 Å². The van der Waals surface area contributed by atoms with E-state index in [0.29, 0.717) is 6.04 Å². The quantitative estimate of drug-likeness (QED) is 0.550. The molecule has 1 atom stereocenters. The molecule has 2 aliphatic rings. The van der Waals surface area contributed by atoms with Crippen LogP contribution in [0.2, 0.25) is 0 Å². The summed E-state index contributed by atoms with van der Waals surface area (Å²) < 4.78 is 6.21. The lowest BCUT2D eigenvalue weighted by Gasteiger charge is -2.11. The molecule has 1 unspecified atom stereocenters. The smallest absolute Gasteiger partial charge is 0.145 e. The van der Waals surface area contributed by atoms with Gasteiger partial charge in [0.15, 0.2) is 0 Å². The van der Waals surface area contributed by atoms with E-state index in [9.17, 15) is 0 Å². The number of ether oxygens (including phenoxy) is 1. The molecule has 2 aromatic heterocycles. The fourth-order valence-electron chi connectivity index (χ4n) is 5.02. The second kappa shape index (κ2) is 9.06. The van der Waals surface area contributed by atoms with E-state index in [2.05, 4.69) is 85.5 Å². The standard InChI is InChI=1S/C28H34N4O/c1-17(2)33-27-16-26(31-25(27)15-24-18(3)14-19(4)30-24)28-22(12-11-20-8-7-13-29-20)21-9-5-6-10-23(21)32-28/h5-6,9-10,14-17,20,29-31H,7-8,11-13H2,1-4H3/b25-15-,28-26-. The third-order valence-corrected chi connectivity index (χ3v) is 6.56. The van der Waals surface area contributed by atoms with Gasteiger partial charge in [0.05, 0.1) is 27.9 Å². The van der Waals surface area contributed by atoms with Gasteiger partial charge in [-0.3, -0.25) is 0 Å². The van der Waals surface area contributed by atoms with E-state index in [1.165, 1.54) is 29.2 Å². The fourth-order valence-corrected chi connectivity index (χ4v) is 5.02. The summed E-state index contributed by atoms with van der Waals surface area (Å²) in [6.07, 6.45) is 6.94. The number of para-hydroxylation sites is 1. The molecular formula is C28H34N4O. The summed E-state index contributed by atoms with van der Waals surface area (Å²) in [5, 5.41) is 7.94. The van der Waals surface area contributed by atoms with Crippen LogP contribution in [0.1, 0.15) is 56.5 Å². The van der Waals surface area contributed by atoms with Crippen LogP contribution in [0.25, 0.3) is 17.3 Å². The van der Waals surface area contributed by atoms with Crippen molar-refractivity contribution < 1.29 is 4.74 Å². The first-order valence-corrected chi connectivity index (χ1v) is 12.2. The van der Waals surface area contributed by atoms with Crippen LogP contribution >= 0.6 is 0 Å². The van der Waals surface area contributed by atoms with Crippen molar-refractivity contribution >= 4 is 17.3 Å². The molecule has 1 fully saturated rings. The third-order valence-electron chi connectivity index (χ3n) is 6.56. The van der Waals surface area contributed by atoms with Gasteiger partial charge in [0.1, 0.15) is 5.75 Å². The van der Waals surface area contributed by atoms with Gasteiger partial charge in [-0.05, 0) is 89.3 Å².